The van der Waals surface area contributed by atoms with E-state index in [4.69, 9.17) is 0 Å². The van der Waals surface area contributed by atoms with Gasteiger partial charge in [0.1, 0.15) is 0 Å². The van der Waals surface area contributed by atoms with Gasteiger partial charge in [-0.3, -0.25) is 4.79 Å². The first-order valence-electron chi connectivity index (χ1n) is 9.41. The molecule has 1 fully saturated rings. The fourth-order valence-electron chi connectivity index (χ4n) is 3.37. The van der Waals surface area contributed by atoms with E-state index in [-0.39, 0.29) is 11.4 Å². The summed E-state index contributed by atoms with van der Waals surface area (Å²) in [5, 5.41) is 7.51. The highest BCUT2D eigenvalue weighted by molar-refractivity contribution is 8.05. The summed E-state index contributed by atoms with van der Waals surface area (Å²) in [5.41, 5.74) is 4.31. The third-order valence-electron chi connectivity index (χ3n) is 4.82. The van der Waals surface area contributed by atoms with Gasteiger partial charge in [-0.15, -0.1) is 6.58 Å². The minimum Gasteiger partial charge on any atom is -0.357 e. The Morgan fingerprint density at radius 2 is 2.00 bits per heavy atom. The van der Waals surface area contributed by atoms with Gasteiger partial charge in [0.25, 0.3) is 5.91 Å². The van der Waals surface area contributed by atoms with Crippen molar-refractivity contribution in [2.45, 2.75) is 25.4 Å². The van der Waals surface area contributed by atoms with Crippen molar-refractivity contribution < 1.29 is 4.79 Å². The highest BCUT2D eigenvalue weighted by Crippen LogP contribution is 2.32. The van der Waals surface area contributed by atoms with Crippen LogP contribution in [-0.4, -0.2) is 16.0 Å². The summed E-state index contributed by atoms with van der Waals surface area (Å²) >= 11 is 1.51. The average molecular weight is 390 g/mol. The number of allylic oxidation sites excluding steroid dienone is 1. The Kier molecular flexibility index (Phi) is 5.26. The lowest BCUT2D eigenvalue weighted by molar-refractivity contribution is -0.116. The molecule has 1 atom stereocenters. The van der Waals surface area contributed by atoms with E-state index in [1.807, 2.05) is 24.3 Å². The molecule has 4 rings (SSSR count). The summed E-state index contributed by atoms with van der Waals surface area (Å²) in [5.74, 6) is -0.0479. The van der Waals surface area contributed by atoms with Gasteiger partial charge in [0.15, 0.2) is 5.50 Å². The Morgan fingerprint density at radius 3 is 2.75 bits per heavy atom. The zero-order valence-corrected chi connectivity index (χ0v) is 16.6. The van der Waals surface area contributed by atoms with Crippen LogP contribution in [0.2, 0.25) is 0 Å². The Bertz CT molecular complexity index is 1050. The van der Waals surface area contributed by atoms with Gasteiger partial charge in [-0.25, -0.2) is 0 Å². The van der Waals surface area contributed by atoms with Crippen LogP contribution in [0.25, 0.3) is 17.0 Å². The molecular formula is C23H23N3OS. The molecule has 2 N–H and O–H groups in total. The summed E-state index contributed by atoms with van der Waals surface area (Å²) < 4.78 is 2.15. The van der Waals surface area contributed by atoms with E-state index in [1.165, 1.54) is 17.3 Å². The summed E-state index contributed by atoms with van der Waals surface area (Å²) in [4.78, 5) is 13.2. The number of amides is 1. The maximum absolute atomic E-state index is 12.5. The van der Waals surface area contributed by atoms with Gasteiger partial charge in [0.2, 0.25) is 0 Å². The normalized spacial score (nSPS) is 17.8. The topological polar surface area (TPSA) is 46.1 Å². The van der Waals surface area contributed by atoms with E-state index in [0.717, 1.165) is 35.1 Å². The summed E-state index contributed by atoms with van der Waals surface area (Å²) in [6, 6.07) is 16.5. The van der Waals surface area contributed by atoms with E-state index in [0.29, 0.717) is 4.91 Å². The summed E-state index contributed by atoms with van der Waals surface area (Å²) in [6.07, 6.45) is 6.95. The van der Waals surface area contributed by atoms with Crippen LogP contribution in [0.1, 0.15) is 18.1 Å². The van der Waals surface area contributed by atoms with Crippen LogP contribution in [0.15, 0.2) is 72.3 Å². The van der Waals surface area contributed by atoms with Crippen molar-refractivity contribution in [1.82, 2.24) is 9.88 Å². The van der Waals surface area contributed by atoms with E-state index in [1.54, 1.807) is 0 Å². The largest absolute Gasteiger partial charge is 0.357 e. The quantitative estimate of drug-likeness (QED) is 0.461. The Labute approximate surface area is 169 Å². The molecule has 142 valence electrons. The molecule has 1 saturated heterocycles. The second-order valence-electron chi connectivity index (χ2n) is 6.72. The molecule has 4 nitrogen and oxygen atoms in total. The van der Waals surface area contributed by atoms with Gasteiger partial charge in [-0.05, 0) is 36.3 Å². The second-order valence-corrected chi connectivity index (χ2v) is 7.86. The second kappa shape index (κ2) is 7.98. The van der Waals surface area contributed by atoms with Gasteiger partial charge in [0, 0.05) is 34.9 Å². The lowest BCUT2D eigenvalue weighted by Crippen LogP contribution is -2.30. The van der Waals surface area contributed by atoms with Gasteiger partial charge >= 0.3 is 0 Å². The number of aryl methyl sites for hydroxylation is 1. The van der Waals surface area contributed by atoms with Crippen LogP contribution < -0.4 is 10.6 Å². The summed E-state index contributed by atoms with van der Waals surface area (Å²) in [6.45, 7) is 6.71. The first-order valence-corrected chi connectivity index (χ1v) is 10.3. The standard InChI is InChI=1S/C23H23N3OS/c1-3-13-26-15-17(19-7-5-6-8-20(19)26)14-21-22(27)25-23(28-21)24-18-11-9-16(4-2)10-12-18/h3,5-12,14-15,23-24H,1,4,13H2,2H3,(H,25,27)/b21-14-/t23-/m1/s1. The first-order chi connectivity index (χ1) is 13.7. The molecule has 28 heavy (non-hydrogen) atoms. The van der Waals surface area contributed by atoms with Crippen molar-refractivity contribution in [2.75, 3.05) is 5.32 Å². The maximum Gasteiger partial charge on any atom is 0.260 e. The molecule has 3 aromatic rings. The van der Waals surface area contributed by atoms with Crippen molar-refractivity contribution >= 4 is 40.3 Å². The predicted molar refractivity (Wildman–Crippen MR) is 119 cm³/mol. The lowest BCUT2D eigenvalue weighted by Gasteiger charge is -2.12. The third-order valence-corrected chi connectivity index (χ3v) is 5.85. The molecule has 1 amide bonds. The molecule has 5 heteroatoms. The molecule has 2 aromatic carbocycles. The number of rotatable bonds is 6. The highest BCUT2D eigenvalue weighted by Gasteiger charge is 2.27. The Balaban J connectivity index is 1.56. The molecular weight excluding hydrogens is 366 g/mol. The van der Waals surface area contributed by atoms with Gasteiger partial charge in [-0.2, -0.15) is 0 Å². The number of thioether (sulfide) groups is 1. The van der Waals surface area contributed by atoms with Crippen molar-refractivity contribution in [3.8, 4) is 0 Å². The number of anilines is 1. The van der Waals surface area contributed by atoms with Gasteiger partial charge < -0.3 is 15.2 Å². The van der Waals surface area contributed by atoms with E-state index < -0.39 is 0 Å². The van der Waals surface area contributed by atoms with Crippen molar-refractivity contribution in [3.05, 3.63) is 83.4 Å². The number of para-hydroxylation sites is 1. The smallest absolute Gasteiger partial charge is 0.260 e. The molecule has 1 aliphatic heterocycles. The molecule has 0 bridgehead atoms. The number of aromatic nitrogens is 1. The number of nitrogens with one attached hydrogen (secondary N) is 2. The third kappa shape index (κ3) is 3.71. The fraction of sp³-hybridized carbons (Fsp3) is 0.174. The zero-order chi connectivity index (χ0) is 19.5. The molecule has 0 radical (unpaired) electrons. The van der Waals surface area contributed by atoms with Crippen LogP contribution in [-0.2, 0) is 17.8 Å². The number of benzene rings is 2. The number of hydrogen-bond donors (Lipinski definition) is 2. The number of nitrogens with zero attached hydrogens (tertiary/aromatic N) is 1. The molecule has 1 aromatic heterocycles. The van der Waals surface area contributed by atoms with Crippen LogP contribution in [0.4, 0.5) is 5.69 Å². The van der Waals surface area contributed by atoms with Crippen LogP contribution in [0.3, 0.4) is 0 Å². The minimum absolute atomic E-state index is 0.0479. The Morgan fingerprint density at radius 1 is 1.21 bits per heavy atom. The Hall–Kier alpha value is -2.92. The van der Waals surface area contributed by atoms with Crippen molar-refractivity contribution in [3.63, 3.8) is 0 Å². The first kappa shape index (κ1) is 18.4. The number of carbonyl (C=O) groups is 1. The molecule has 0 saturated carbocycles. The molecule has 2 heterocycles. The van der Waals surface area contributed by atoms with Crippen molar-refractivity contribution in [1.29, 1.82) is 0 Å². The molecule has 1 aliphatic rings. The van der Waals surface area contributed by atoms with E-state index in [9.17, 15) is 4.79 Å². The fourth-order valence-corrected chi connectivity index (χ4v) is 4.35. The number of hydrogen-bond acceptors (Lipinski definition) is 3. The number of carbonyl (C=O) groups excluding carboxylic acids is 1. The highest BCUT2D eigenvalue weighted by atomic mass is 32.2. The molecule has 0 spiro atoms. The zero-order valence-electron chi connectivity index (χ0n) is 15.8. The predicted octanol–water partition coefficient (Wildman–Crippen LogP) is 4.99. The minimum atomic E-state index is -0.173. The van der Waals surface area contributed by atoms with Crippen LogP contribution >= 0.6 is 11.8 Å². The van der Waals surface area contributed by atoms with Crippen molar-refractivity contribution in [2.24, 2.45) is 0 Å². The molecule has 0 unspecified atom stereocenters. The SMILES string of the molecule is C=CCn1cc(/C=C2\S[C@H](Nc3ccc(CC)cc3)NC2=O)c2ccccc21. The van der Waals surface area contributed by atoms with Crippen LogP contribution in [0, 0.1) is 0 Å². The number of fused-ring (bicyclic) bond motifs is 1. The monoisotopic (exact) mass is 389 g/mol. The van der Waals surface area contributed by atoms with E-state index >= 15 is 0 Å². The van der Waals surface area contributed by atoms with E-state index in [2.05, 4.69) is 71.3 Å². The lowest BCUT2D eigenvalue weighted by atomic mass is 10.1. The molecule has 0 aliphatic carbocycles. The maximum atomic E-state index is 12.5. The van der Waals surface area contributed by atoms with Crippen LogP contribution in [0.5, 0.6) is 0 Å². The van der Waals surface area contributed by atoms with Gasteiger partial charge in [0.05, 0.1) is 4.91 Å². The summed E-state index contributed by atoms with van der Waals surface area (Å²) in [7, 11) is 0. The van der Waals surface area contributed by atoms with Gasteiger partial charge in [-0.1, -0.05) is 55.1 Å². The average Bonchev–Trinajstić information content (AvgIpc) is 3.23.